The molecule has 0 aliphatic heterocycles. The molecule has 0 aromatic carbocycles. The molecule has 5 nitrogen and oxygen atoms in total. The zero-order chi connectivity index (χ0) is 13.9. The highest BCUT2D eigenvalue weighted by Crippen LogP contribution is 2.36. The predicted octanol–water partition coefficient (Wildman–Crippen LogP) is 1.27. The van der Waals surface area contributed by atoms with Crippen molar-refractivity contribution in [2.45, 2.75) is 57.4 Å². The topological polar surface area (TPSA) is 92.4 Å². The molecule has 2 atom stereocenters. The summed E-state index contributed by atoms with van der Waals surface area (Å²) in [5.41, 5.74) is 5.43. The Morgan fingerprint density at radius 1 is 1.21 bits per heavy atom. The van der Waals surface area contributed by atoms with Gasteiger partial charge in [0.25, 0.3) is 0 Å². The fourth-order valence-corrected chi connectivity index (χ4v) is 3.43. The summed E-state index contributed by atoms with van der Waals surface area (Å²) in [5.74, 6) is -1.00. The van der Waals surface area contributed by atoms with Crippen LogP contribution in [0, 0.1) is 11.3 Å². The minimum atomic E-state index is -0.747. The maximum absolute atomic E-state index is 12.4. The molecule has 2 saturated carbocycles. The third-order valence-electron chi connectivity index (χ3n) is 4.80. The number of carbonyl (C=O) groups excluding carboxylic acids is 1. The van der Waals surface area contributed by atoms with E-state index in [-0.39, 0.29) is 17.9 Å². The fraction of sp³-hybridized carbons (Fsp3) is 0.857. The second kappa shape index (κ2) is 5.90. The molecule has 0 aromatic heterocycles. The molecule has 108 valence electrons. The first kappa shape index (κ1) is 14.3. The molecule has 2 aliphatic carbocycles. The number of carboxylic acids is 1. The van der Waals surface area contributed by atoms with Crippen LogP contribution in [-0.2, 0) is 9.59 Å². The molecule has 1 amide bonds. The Kier molecular flexibility index (Phi) is 4.45. The van der Waals surface area contributed by atoms with Gasteiger partial charge in [-0.2, -0.15) is 0 Å². The van der Waals surface area contributed by atoms with E-state index in [1.54, 1.807) is 0 Å². The van der Waals surface area contributed by atoms with E-state index in [9.17, 15) is 9.59 Å². The molecule has 0 radical (unpaired) electrons. The number of nitrogens with two attached hydrogens (primary N) is 1. The summed E-state index contributed by atoms with van der Waals surface area (Å²) in [5, 5.41) is 12.0. The summed E-state index contributed by atoms with van der Waals surface area (Å²) < 4.78 is 0. The summed E-state index contributed by atoms with van der Waals surface area (Å²) in [4.78, 5) is 23.4. The summed E-state index contributed by atoms with van der Waals surface area (Å²) in [6.45, 7) is 0.397. The van der Waals surface area contributed by atoms with Gasteiger partial charge in [0.1, 0.15) is 0 Å². The van der Waals surface area contributed by atoms with E-state index in [4.69, 9.17) is 10.8 Å². The highest BCUT2D eigenvalue weighted by atomic mass is 16.4. The van der Waals surface area contributed by atoms with Crippen molar-refractivity contribution in [2.24, 2.45) is 17.1 Å². The van der Waals surface area contributed by atoms with Gasteiger partial charge in [0.2, 0.25) is 5.91 Å². The molecule has 2 rings (SSSR count). The summed E-state index contributed by atoms with van der Waals surface area (Å²) in [6, 6.07) is 0.0129. The van der Waals surface area contributed by atoms with Crippen LogP contribution in [0.3, 0.4) is 0 Å². The maximum Gasteiger partial charge on any atom is 0.306 e. The number of rotatable bonds is 4. The van der Waals surface area contributed by atoms with Crippen LogP contribution in [0.1, 0.15) is 51.4 Å². The van der Waals surface area contributed by atoms with Crippen molar-refractivity contribution < 1.29 is 14.7 Å². The Morgan fingerprint density at radius 2 is 1.89 bits per heavy atom. The van der Waals surface area contributed by atoms with Crippen LogP contribution in [-0.4, -0.2) is 29.6 Å². The summed E-state index contributed by atoms with van der Waals surface area (Å²) in [7, 11) is 0. The van der Waals surface area contributed by atoms with Crippen molar-refractivity contribution in [3.63, 3.8) is 0 Å². The van der Waals surface area contributed by atoms with Crippen LogP contribution in [0.5, 0.6) is 0 Å². The van der Waals surface area contributed by atoms with Crippen molar-refractivity contribution in [1.82, 2.24) is 5.32 Å². The normalized spacial score (nSPS) is 29.9. The highest BCUT2D eigenvalue weighted by Gasteiger charge is 2.40. The van der Waals surface area contributed by atoms with Crippen molar-refractivity contribution >= 4 is 11.9 Å². The first-order valence-corrected chi connectivity index (χ1v) is 7.31. The standard InChI is InChI=1S/C14H24N2O3/c15-9-14(6-2-1-3-7-14)13(19)16-11-5-4-10(8-11)12(17)18/h10-11H,1-9,15H2,(H,16,19)(H,17,18). The van der Waals surface area contributed by atoms with Crippen molar-refractivity contribution in [3.8, 4) is 0 Å². The first-order chi connectivity index (χ1) is 9.07. The molecule has 4 N–H and O–H groups in total. The van der Waals surface area contributed by atoms with Crippen molar-refractivity contribution in [3.05, 3.63) is 0 Å². The van der Waals surface area contributed by atoms with Crippen molar-refractivity contribution in [2.75, 3.05) is 6.54 Å². The fourth-order valence-electron chi connectivity index (χ4n) is 3.43. The van der Waals surface area contributed by atoms with Crippen LogP contribution in [0.15, 0.2) is 0 Å². The van der Waals surface area contributed by atoms with Crippen molar-refractivity contribution in [1.29, 1.82) is 0 Å². The van der Waals surface area contributed by atoms with Gasteiger partial charge < -0.3 is 16.2 Å². The Labute approximate surface area is 113 Å². The first-order valence-electron chi connectivity index (χ1n) is 7.31. The smallest absolute Gasteiger partial charge is 0.306 e. The van der Waals surface area contributed by atoms with Gasteiger partial charge in [-0.3, -0.25) is 9.59 Å². The Hall–Kier alpha value is -1.10. The van der Waals surface area contributed by atoms with Gasteiger partial charge in [-0.15, -0.1) is 0 Å². The Bertz CT molecular complexity index is 351. The second-order valence-electron chi connectivity index (χ2n) is 6.06. The quantitative estimate of drug-likeness (QED) is 0.715. The lowest BCUT2D eigenvalue weighted by Crippen LogP contribution is -2.49. The van der Waals surface area contributed by atoms with Gasteiger partial charge in [0.15, 0.2) is 0 Å². The van der Waals surface area contributed by atoms with Crippen LogP contribution in [0.4, 0.5) is 0 Å². The third kappa shape index (κ3) is 3.08. The number of hydrogen-bond donors (Lipinski definition) is 3. The van der Waals surface area contributed by atoms with Crippen LogP contribution in [0.2, 0.25) is 0 Å². The van der Waals surface area contributed by atoms with Gasteiger partial charge in [-0.05, 0) is 32.1 Å². The van der Waals surface area contributed by atoms with E-state index in [1.807, 2.05) is 0 Å². The molecule has 0 bridgehead atoms. The van der Waals surface area contributed by atoms with E-state index < -0.39 is 11.4 Å². The number of hydrogen-bond acceptors (Lipinski definition) is 3. The third-order valence-corrected chi connectivity index (χ3v) is 4.80. The molecule has 0 saturated heterocycles. The zero-order valence-electron chi connectivity index (χ0n) is 11.4. The molecular formula is C14H24N2O3. The summed E-state index contributed by atoms with van der Waals surface area (Å²) >= 11 is 0. The van der Waals surface area contributed by atoms with Crippen LogP contribution >= 0.6 is 0 Å². The van der Waals surface area contributed by atoms with Crippen LogP contribution in [0.25, 0.3) is 0 Å². The zero-order valence-corrected chi connectivity index (χ0v) is 11.4. The molecule has 0 spiro atoms. The Balaban J connectivity index is 1.91. The lowest BCUT2D eigenvalue weighted by molar-refractivity contribution is -0.141. The number of amides is 1. The van der Waals surface area contributed by atoms with Crippen LogP contribution < -0.4 is 11.1 Å². The second-order valence-corrected chi connectivity index (χ2v) is 6.06. The van der Waals surface area contributed by atoms with Gasteiger partial charge in [-0.1, -0.05) is 19.3 Å². The predicted molar refractivity (Wildman–Crippen MR) is 71.5 cm³/mol. The van der Waals surface area contributed by atoms with E-state index in [0.717, 1.165) is 32.1 Å². The van der Waals surface area contributed by atoms with E-state index >= 15 is 0 Å². The average Bonchev–Trinajstić information content (AvgIpc) is 2.88. The average molecular weight is 268 g/mol. The molecule has 19 heavy (non-hydrogen) atoms. The van der Waals surface area contributed by atoms with Gasteiger partial charge in [0.05, 0.1) is 11.3 Å². The maximum atomic E-state index is 12.4. The molecular weight excluding hydrogens is 244 g/mol. The molecule has 2 fully saturated rings. The number of carboxylic acid groups (broad SMARTS) is 1. The molecule has 2 aliphatic rings. The van der Waals surface area contributed by atoms with E-state index in [0.29, 0.717) is 19.4 Å². The highest BCUT2D eigenvalue weighted by molar-refractivity contribution is 5.83. The SMILES string of the molecule is NCC1(C(=O)NC2CCC(C(=O)O)C2)CCCCC1. The minimum absolute atomic E-state index is 0.0129. The molecule has 0 heterocycles. The van der Waals surface area contributed by atoms with E-state index in [2.05, 4.69) is 5.32 Å². The molecule has 2 unspecified atom stereocenters. The van der Waals surface area contributed by atoms with Gasteiger partial charge in [0, 0.05) is 12.6 Å². The number of nitrogens with one attached hydrogen (secondary N) is 1. The molecule has 5 heteroatoms. The lowest BCUT2D eigenvalue weighted by atomic mass is 9.73. The molecule has 0 aromatic rings. The minimum Gasteiger partial charge on any atom is -0.481 e. The van der Waals surface area contributed by atoms with Gasteiger partial charge in [-0.25, -0.2) is 0 Å². The monoisotopic (exact) mass is 268 g/mol. The summed E-state index contributed by atoms with van der Waals surface area (Å²) in [6.07, 6.45) is 7.02. The lowest BCUT2D eigenvalue weighted by Gasteiger charge is -2.35. The van der Waals surface area contributed by atoms with E-state index in [1.165, 1.54) is 6.42 Å². The number of aliphatic carboxylic acids is 1. The Morgan fingerprint density at radius 3 is 2.42 bits per heavy atom. The number of carbonyl (C=O) groups is 2. The largest absolute Gasteiger partial charge is 0.481 e. The van der Waals surface area contributed by atoms with Gasteiger partial charge >= 0.3 is 5.97 Å².